The fraction of sp³-hybridized carbons (Fsp3) is 0.152. The number of aliphatic hydroxyl groups is 1. The number of phenols is 4. The van der Waals surface area contributed by atoms with Crippen molar-refractivity contribution in [3.05, 3.63) is 309 Å². The Hall–Kier alpha value is -18.4. The van der Waals surface area contributed by atoms with E-state index in [2.05, 4.69) is 4.98 Å². The number of rotatable bonds is 24. The number of methoxy groups -OCH3 is 10. The summed E-state index contributed by atoms with van der Waals surface area (Å²) in [6.45, 7) is 1.17. The summed E-state index contributed by atoms with van der Waals surface area (Å²) in [4.78, 5) is 101. The summed E-state index contributed by atoms with van der Waals surface area (Å²) < 4.78 is 103. The molecule has 0 bridgehead atoms. The molecule has 0 saturated carbocycles. The molecule has 0 radical (unpaired) electrons. The maximum absolute atomic E-state index is 12.3. The van der Waals surface area contributed by atoms with Crippen LogP contribution in [0.2, 0.25) is 0 Å². The molecule has 13 aromatic rings. The zero-order valence-corrected chi connectivity index (χ0v) is 77.3. The Morgan fingerprint density at radius 3 is 0.843 bits per heavy atom. The minimum Gasteiger partial charge on any atom is -0.504 e. The smallest absolute Gasteiger partial charge is 0.249 e. The highest BCUT2D eigenvalue weighted by molar-refractivity contribution is 6.08. The van der Waals surface area contributed by atoms with Gasteiger partial charge < -0.3 is 125 Å². The second-order valence-corrected chi connectivity index (χ2v) is 28.2. The summed E-state index contributed by atoms with van der Waals surface area (Å²) in [7, 11) is 16.5. The molecule has 6 N–H and O–H groups in total. The van der Waals surface area contributed by atoms with Gasteiger partial charge in [0.15, 0.2) is 150 Å². The van der Waals surface area contributed by atoms with Crippen LogP contribution in [0.3, 0.4) is 0 Å². The number of aromatic nitrogens is 1. The van der Waals surface area contributed by atoms with Gasteiger partial charge in [0.2, 0.25) is 39.5 Å². The molecule has 35 nitrogen and oxygen atoms in total. The van der Waals surface area contributed by atoms with Crippen molar-refractivity contribution in [2.24, 2.45) is 0 Å². The number of ketones is 2. The Morgan fingerprint density at radius 1 is 0.250 bits per heavy atom. The molecule has 35 heteroatoms. The van der Waals surface area contributed by atoms with Crippen molar-refractivity contribution in [2.45, 2.75) is 0 Å². The van der Waals surface area contributed by atoms with Gasteiger partial charge in [0, 0.05) is 68.9 Å². The molecule has 140 heavy (non-hydrogen) atoms. The number of aldehydes is 6. The van der Waals surface area contributed by atoms with Gasteiger partial charge in [-0.3, -0.25) is 43.2 Å². The highest BCUT2D eigenvalue weighted by Crippen LogP contribution is 2.41. The third-order valence-electron chi connectivity index (χ3n) is 19.7. The first kappa shape index (κ1) is 105. The number of nitrogens with one attached hydrogen (secondary N) is 1. The third kappa shape index (κ3) is 29.8. The van der Waals surface area contributed by atoms with Crippen LogP contribution in [0, 0.1) is 0 Å². The topological polar surface area (TPSA) is 455 Å². The number of fused-ring (bicyclic) bond motifs is 5. The molecule has 0 saturated heterocycles. The van der Waals surface area contributed by atoms with Gasteiger partial charge in [0.05, 0.1) is 71.1 Å². The lowest BCUT2D eigenvalue weighted by Crippen LogP contribution is -2.06. The van der Waals surface area contributed by atoms with E-state index < -0.39 is 0 Å². The largest absolute Gasteiger partial charge is 0.504 e. The Balaban J connectivity index is 0.000000180. The molecule has 5 aliphatic heterocycles. The summed E-state index contributed by atoms with van der Waals surface area (Å²) in [5.74, 6) is 11.5. The number of hydrogen-bond acceptors (Lipinski definition) is 34. The van der Waals surface area contributed by atoms with Gasteiger partial charge in [0.25, 0.3) is 0 Å². The van der Waals surface area contributed by atoms with Gasteiger partial charge in [-0.2, -0.15) is 0 Å². The van der Waals surface area contributed by atoms with Crippen molar-refractivity contribution in [3.63, 3.8) is 0 Å². The monoisotopic (exact) mass is 1920 g/mol. The van der Waals surface area contributed by atoms with Crippen LogP contribution in [-0.2, 0) is 0 Å². The first-order chi connectivity index (χ1) is 68.0. The van der Waals surface area contributed by atoms with Crippen molar-refractivity contribution in [1.82, 2.24) is 4.98 Å². The third-order valence-corrected chi connectivity index (χ3v) is 19.7. The predicted octanol–water partition coefficient (Wildman–Crippen LogP) is 17.0. The van der Waals surface area contributed by atoms with Crippen LogP contribution < -0.4 is 100 Å². The lowest BCUT2D eigenvalue weighted by atomic mass is 10.0. The van der Waals surface area contributed by atoms with Crippen LogP contribution in [-0.4, -0.2) is 192 Å². The summed E-state index contributed by atoms with van der Waals surface area (Å²) in [5.41, 5.74) is 8.82. The van der Waals surface area contributed by atoms with Crippen molar-refractivity contribution in [2.75, 3.05) is 112 Å². The van der Waals surface area contributed by atoms with Crippen molar-refractivity contribution >= 4 is 61.4 Å². The number of aromatic amines is 1. The van der Waals surface area contributed by atoms with E-state index in [9.17, 15) is 43.2 Å². The molecule has 0 spiro atoms. The molecule has 0 fully saturated rings. The minimum absolute atomic E-state index is 0.122. The van der Waals surface area contributed by atoms with Crippen LogP contribution >= 0.6 is 0 Å². The zero-order valence-electron chi connectivity index (χ0n) is 77.3. The first-order valence-electron chi connectivity index (χ1n) is 41.5. The number of aromatic hydroxyl groups is 4. The SMILES string of the molecule is CO.COc1ccc(-c2cc(-c3ccc4c(c3)OCO4)cc(=O)[nH]2)cc1OC.COc1ccc(C(=O)/C=C/c2ccc3c(c2)OCO3)cc1OC.COc1ccc(C(=O)/C=C/c2ccc3c(c2)OCO3)cc1OC.COc1ccc(C=O)cc1OC.COc1ccc(C=O)cc1OC.O=Cc1ccc(O)c(O)c1.O=Cc1ccc(O)c(O)c1.O=Cc1ccc2c(c1)OCO2.O=Cc1ccc2c(c1)OCO2. The molecule has 0 atom stereocenters. The number of H-pyrrole nitrogens is 1. The number of carbonyl (C=O) groups excluding carboxylic acids is 8. The zero-order chi connectivity index (χ0) is 101. The Kier molecular flexibility index (Phi) is 40.7. The van der Waals surface area contributed by atoms with Gasteiger partial charge in [-0.15, -0.1) is 0 Å². The fourth-order valence-corrected chi connectivity index (χ4v) is 12.5. The van der Waals surface area contributed by atoms with E-state index in [0.717, 1.165) is 60.1 Å². The molecule has 6 heterocycles. The van der Waals surface area contributed by atoms with Crippen LogP contribution in [0.1, 0.15) is 94.0 Å². The number of benzene rings is 12. The average Bonchev–Trinajstić information content (AvgIpc) is 1.02. The summed E-state index contributed by atoms with van der Waals surface area (Å²) in [6, 6.07) is 63.7. The number of pyridine rings is 1. The first-order valence-corrected chi connectivity index (χ1v) is 41.5. The van der Waals surface area contributed by atoms with E-state index in [4.69, 9.17) is 120 Å². The van der Waals surface area contributed by atoms with Crippen LogP contribution in [0.5, 0.6) is 138 Å². The molecular weight excluding hydrogens is 1820 g/mol. The predicted molar refractivity (Wildman–Crippen MR) is 512 cm³/mol. The van der Waals surface area contributed by atoms with Gasteiger partial charge in [-0.05, 0) is 241 Å². The van der Waals surface area contributed by atoms with Gasteiger partial charge in [-0.25, -0.2) is 0 Å². The molecule has 1 aromatic heterocycles. The van der Waals surface area contributed by atoms with Crippen LogP contribution in [0.15, 0.2) is 247 Å². The van der Waals surface area contributed by atoms with E-state index in [1.54, 1.807) is 176 Å². The lowest BCUT2D eigenvalue weighted by molar-refractivity contribution is 0.103. The highest BCUT2D eigenvalue weighted by atomic mass is 16.7. The van der Waals surface area contributed by atoms with Crippen molar-refractivity contribution < 1.29 is 159 Å². The quantitative estimate of drug-likeness (QED) is 0.0142. The maximum atomic E-state index is 12.3. The van der Waals surface area contributed by atoms with E-state index >= 15 is 0 Å². The highest BCUT2D eigenvalue weighted by Gasteiger charge is 2.21. The van der Waals surface area contributed by atoms with Gasteiger partial charge >= 0.3 is 0 Å². The normalized spacial score (nSPS) is 11.3. The molecule has 12 aromatic carbocycles. The van der Waals surface area contributed by atoms with Gasteiger partial charge in [0.1, 0.15) is 37.7 Å². The number of aliphatic hydroxyl groups excluding tert-OH is 1. The number of hydrogen-bond donors (Lipinski definition) is 6. The number of carbonyl (C=O) groups is 8. The Bertz CT molecular complexity index is 6270. The van der Waals surface area contributed by atoms with Gasteiger partial charge in [-0.1, -0.05) is 30.4 Å². The Morgan fingerprint density at radius 2 is 0.507 bits per heavy atom. The number of allylic oxidation sites excluding steroid dienone is 2. The van der Waals surface area contributed by atoms with E-state index in [0.29, 0.717) is 178 Å². The molecule has 726 valence electrons. The van der Waals surface area contributed by atoms with E-state index in [1.165, 1.54) is 77.0 Å². The van der Waals surface area contributed by atoms with Crippen LogP contribution in [0.4, 0.5) is 0 Å². The molecule has 0 aliphatic carbocycles. The number of phenolic OH excluding ortho intramolecular Hbond substituents is 4. The second-order valence-electron chi connectivity index (χ2n) is 28.2. The number of ether oxygens (including phenoxy) is 20. The average molecular weight is 1920 g/mol. The summed E-state index contributed by atoms with van der Waals surface area (Å²) in [5, 5.41) is 42.2. The van der Waals surface area contributed by atoms with Crippen molar-refractivity contribution in [1.29, 1.82) is 0 Å². The standard InChI is InChI=1S/C20H17NO5.2C18H16O5.2C9H10O3.2C8H6O3.2C7H6O3.CH4O/c1-23-16-5-4-13(9-18(16)24-2)15-7-14(10-20(22)21-15)12-3-6-17-19(8-12)26-11-25-17;2*1-20-15-8-5-13(10-17(15)21-2)14(19)6-3-12-4-7-16-18(9-12)23-11-22-16;2*1-11-8-4-3-7(6-10)5-9(8)12-2;2*9-4-6-1-2-7-8(3-6)11-5-10-7;2*8-4-5-1-2-6(9)7(10)3-5;1-2/h3-10H,11H2,1-2H3,(H,21,22);2*3-10H,11H2,1-2H3;2*3-6H,1-2H3;2*1-4H,5H2;2*1-4,9-10H;2H,1H3/b;2*6-3+;;;;;;;. The molecular formula is C105H97NO34. The van der Waals surface area contributed by atoms with Crippen LogP contribution in [0.25, 0.3) is 34.5 Å². The summed E-state index contributed by atoms with van der Waals surface area (Å²) in [6.07, 6.45) is 10.8. The second kappa shape index (κ2) is 54.1. The maximum Gasteiger partial charge on any atom is 0.249 e. The molecule has 0 unspecified atom stereocenters. The van der Waals surface area contributed by atoms with Crippen molar-refractivity contribution in [3.8, 4) is 160 Å². The lowest BCUT2D eigenvalue weighted by Gasteiger charge is -2.11. The van der Waals surface area contributed by atoms with E-state index in [1.807, 2.05) is 72.8 Å². The Labute approximate surface area is 802 Å². The molecule has 5 aliphatic rings. The molecule has 18 rings (SSSR count). The molecule has 0 amide bonds. The fourth-order valence-electron chi connectivity index (χ4n) is 12.5. The summed E-state index contributed by atoms with van der Waals surface area (Å²) >= 11 is 0. The minimum atomic E-state index is -0.274. The van der Waals surface area contributed by atoms with E-state index in [-0.39, 0.29) is 74.1 Å².